The molecule has 11 nitrogen and oxygen atoms in total. The zero-order valence-corrected chi connectivity index (χ0v) is 26.6. The van der Waals surface area contributed by atoms with Crippen LogP contribution in [0.4, 0.5) is 19.4 Å². The molecule has 246 valence electrons. The molecule has 6 atom stereocenters. The van der Waals surface area contributed by atoms with Gasteiger partial charge in [0.15, 0.2) is 5.82 Å². The number of rotatable bonds is 3. The van der Waals surface area contributed by atoms with Gasteiger partial charge in [-0.15, -0.1) is 0 Å². The minimum atomic E-state index is -0.898. The number of nitrogens with one attached hydrogen (secondary N) is 2. The Hall–Kier alpha value is -4.13. The highest BCUT2D eigenvalue weighted by atomic mass is 19.1. The van der Waals surface area contributed by atoms with Crippen molar-refractivity contribution in [3.8, 4) is 17.3 Å². The van der Waals surface area contributed by atoms with Crippen LogP contribution in [0.1, 0.15) is 62.5 Å². The number of fused-ring (bicyclic) bond motifs is 7. The number of anilines is 1. The maximum absolute atomic E-state index is 17.2. The number of aromatic amines is 1. The van der Waals surface area contributed by atoms with E-state index in [0.29, 0.717) is 55.2 Å². The third-order valence-corrected chi connectivity index (χ3v) is 11.3. The highest BCUT2D eigenvalue weighted by Crippen LogP contribution is 2.54. The number of halogens is 2. The van der Waals surface area contributed by atoms with Crippen LogP contribution in [0, 0.1) is 18.7 Å². The van der Waals surface area contributed by atoms with Crippen molar-refractivity contribution in [1.29, 1.82) is 0 Å². The van der Waals surface area contributed by atoms with Crippen molar-refractivity contribution in [2.75, 3.05) is 37.7 Å². The van der Waals surface area contributed by atoms with Crippen LogP contribution < -0.4 is 15.0 Å². The number of hydrogen-bond donors (Lipinski definition) is 2. The van der Waals surface area contributed by atoms with Crippen molar-refractivity contribution in [2.45, 2.75) is 82.1 Å². The normalized spacial score (nSPS) is 30.3. The van der Waals surface area contributed by atoms with E-state index in [-0.39, 0.29) is 41.8 Å². The van der Waals surface area contributed by atoms with Crippen LogP contribution in [0.25, 0.3) is 33.1 Å². The lowest BCUT2D eigenvalue weighted by atomic mass is 9.91. The molecular formula is C34H38F2N8O3. The zero-order chi connectivity index (χ0) is 32.0. The molecule has 1 saturated carbocycles. The molecule has 0 spiro atoms. The first kappa shape index (κ1) is 29.0. The van der Waals surface area contributed by atoms with Gasteiger partial charge in [0.2, 0.25) is 0 Å². The Bertz CT molecular complexity index is 1920. The highest BCUT2D eigenvalue weighted by Gasteiger charge is 2.49. The summed E-state index contributed by atoms with van der Waals surface area (Å²) < 4.78 is 43.7. The fourth-order valence-corrected chi connectivity index (χ4v) is 8.96. The van der Waals surface area contributed by atoms with Gasteiger partial charge in [-0.2, -0.15) is 15.1 Å². The number of nitrogens with zero attached hydrogens (tertiary/aromatic N) is 6. The summed E-state index contributed by atoms with van der Waals surface area (Å²) in [6.45, 7) is 6.32. The van der Waals surface area contributed by atoms with Gasteiger partial charge in [-0.05, 0) is 81.5 Å². The summed E-state index contributed by atoms with van der Waals surface area (Å²) in [4.78, 5) is 31.4. The molecule has 3 aromatic heterocycles. The van der Waals surface area contributed by atoms with Gasteiger partial charge in [0.25, 0.3) is 0 Å². The Balaban J connectivity index is 1.22. The molecule has 1 amide bonds. The monoisotopic (exact) mass is 644 g/mol. The van der Waals surface area contributed by atoms with E-state index in [1.165, 1.54) is 0 Å². The first-order valence-electron chi connectivity index (χ1n) is 16.8. The predicted molar refractivity (Wildman–Crippen MR) is 171 cm³/mol. The average Bonchev–Trinajstić information content (AvgIpc) is 3.34. The lowest BCUT2D eigenvalue weighted by Gasteiger charge is -2.31. The number of alkyl carbamates (subject to hydrolysis) is 1. The predicted octanol–water partition coefficient (Wildman–Crippen LogP) is 5.17. The third kappa shape index (κ3) is 4.71. The number of pyridine rings is 1. The molecule has 6 aliphatic rings. The summed E-state index contributed by atoms with van der Waals surface area (Å²) in [5, 5.41) is 11.6. The molecule has 6 bridgehead atoms. The van der Waals surface area contributed by atoms with E-state index < -0.39 is 23.6 Å². The Morgan fingerprint density at radius 1 is 1.19 bits per heavy atom. The molecule has 4 aromatic rings. The van der Waals surface area contributed by atoms with Crippen molar-refractivity contribution in [1.82, 2.24) is 35.4 Å². The van der Waals surface area contributed by atoms with E-state index in [0.717, 1.165) is 54.3 Å². The Morgan fingerprint density at radius 2 is 2.09 bits per heavy atom. The summed E-state index contributed by atoms with van der Waals surface area (Å²) >= 11 is 0. The number of H-pyrrole nitrogens is 1. The van der Waals surface area contributed by atoms with Gasteiger partial charge in [-0.1, -0.05) is 0 Å². The van der Waals surface area contributed by atoms with E-state index >= 15 is 4.39 Å². The SMILES string of the molecule is Cc1cc2[nH]ncc2c2c1[C@H]1C[C@H]1CCOC(=O)N[C@@H]1C[C@@H](C)N(C1)c1nc(OC[C@@]34CCCN3C[C@H](F)C4)nc3c(F)c-2ncc13. The van der Waals surface area contributed by atoms with Crippen molar-refractivity contribution in [2.24, 2.45) is 5.92 Å². The second-order valence-electron chi connectivity index (χ2n) is 14.3. The molecule has 47 heavy (non-hydrogen) atoms. The summed E-state index contributed by atoms with van der Waals surface area (Å²) in [6.07, 6.45) is 6.58. The first-order valence-corrected chi connectivity index (χ1v) is 16.8. The molecule has 0 unspecified atom stereocenters. The first-order chi connectivity index (χ1) is 22.8. The van der Waals surface area contributed by atoms with E-state index in [4.69, 9.17) is 24.4 Å². The molecule has 5 aliphatic heterocycles. The van der Waals surface area contributed by atoms with E-state index in [1.807, 2.05) is 6.92 Å². The van der Waals surface area contributed by atoms with E-state index in [1.54, 1.807) is 12.4 Å². The average molecular weight is 645 g/mol. The molecule has 4 fully saturated rings. The van der Waals surface area contributed by atoms with E-state index in [2.05, 4.69) is 38.3 Å². The van der Waals surface area contributed by atoms with Gasteiger partial charge >= 0.3 is 12.1 Å². The van der Waals surface area contributed by atoms with Crippen LogP contribution in [0.5, 0.6) is 6.01 Å². The number of hydrogen-bond acceptors (Lipinski definition) is 9. The van der Waals surface area contributed by atoms with Crippen LogP contribution in [0.3, 0.4) is 0 Å². The number of amides is 1. The standard InChI is InChI=1S/C34H38F2N8O3/c1-17-8-25-23(13-38-42-25)27-26(17)22-10-19(22)4-7-46-33(45)39-21-9-18(2)44(15-21)31-24-12-37-30(27)28(36)29(24)40-32(41-31)47-16-34-5-3-6-43(34)14-20(35)11-34/h8,12-13,18-22H,3-7,9-11,14-16H2,1-2H3,(H,38,42)(H,39,45)/t18-,19-,20-,21-,22+,34+/m1/s1. The number of benzene rings is 1. The van der Waals surface area contributed by atoms with Gasteiger partial charge in [0.1, 0.15) is 29.8 Å². The number of aryl methyl sites for hydroxylation is 1. The van der Waals surface area contributed by atoms with Gasteiger partial charge in [0.05, 0.1) is 35.3 Å². The second-order valence-corrected chi connectivity index (χ2v) is 14.3. The fourth-order valence-electron chi connectivity index (χ4n) is 8.96. The highest BCUT2D eigenvalue weighted by molar-refractivity contribution is 6.00. The zero-order valence-electron chi connectivity index (χ0n) is 26.6. The van der Waals surface area contributed by atoms with Crippen LogP contribution in [-0.4, -0.2) is 92.8 Å². The molecule has 13 heteroatoms. The molecule has 10 rings (SSSR count). The Kier molecular flexibility index (Phi) is 6.61. The summed E-state index contributed by atoms with van der Waals surface area (Å²) in [6, 6.07) is 1.89. The fraction of sp³-hybridized carbons (Fsp3) is 0.559. The Labute approximate surface area is 270 Å². The third-order valence-electron chi connectivity index (χ3n) is 11.3. The van der Waals surface area contributed by atoms with Crippen LogP contribution in [0.2, 0.25) is 0 Å². The summed E-state index contributed by atoms with van der Waals surface area (Å²) in [5.74, 6) is 0.421. The minimum Gasteiger partial charge on any atom is -0.461 e. The van der Waals surface area contributed by atoms with E-state index in [9.17, 15) is 9.18 Å². The van der Waals surface area contributed by atoms with Gasteiger partial charge in [-0.25, -0.2) is 13.6 Å². The number of ether oxygens (including phenoxy) is 2. The molecule has 2 N–H and O–H groups in total. The summed E-state index contributed by atoms with van der Waals surface area (Å²) in [5.41, 5.74) is 3.49. The molecule has 3 saturated heterocycles. The lowest BCUT2D eigenvalue weighted by Crippen LogP contribution is -2.43. The molecule has 1 aliphatic carbocycles. The second kappa shape index (κ2) is 10.7. The largest absolute Gasteiger partial charge is 0.461 e. The number of carbonyl (C=O) groups excluding carboxylic acids is 1. The number of alkyl halides is 1. The molecular weight excluding hydrogens is 606 g/mol. The maximum atomic E-state index is 17.2. The van der Waals surface area contributed by atoms with Gasteiger partial charge in [0, 0.05) is 42.7 Å². The quantitative estimate of drug-likeness (QED) is 0.311. The van der Waals surface area contributed by atoms with Crippen molar-refractivity contribution in [3.63, 3.8) is 0 Å². The molecule has 8 heterocycles. The van der Waals surface area contributed by atoms with Crippen LogP contribution in [-0.2, 0) is 4.74 Å². The smallest absolute Gasteiger partial charge is 0.407 e. The van der Waals surface area contributed by atoms with Crippen molar-refractivity contribution in [3.05, 3.63) is 35.4 Å². The van der Waals surface area contributed by atoms with Gasteiger partial charge < -0.3 is 19.7 Å². The number of aromatic nitrogens is 5. The van der Waals surface area contributed by atoms with Gasteiger partial charge in [-0.3, -0.25) is 15.0 Å². The lowest BCUT2D eigenvalue weighted by molar-refractivity contribution is 0.107. The summed E-state index contributed by atoms with van der Waals surface area (Å²) in [7, 11) is 0. The molecule has 1 aromatic carbocycles. The van der Waals surface area contributed by atoms with Crippen molar-refractivity contribution >= 4 is 33.7 Å². The number of carbonyl (C=O) groups is 1. The van der Waals surface area contributed by atoms with Crippen LogP contribution >= 0.6 is 0 Å². The molecule has 0 radical (unpaired) electrons. The minimum absolute atomic E-state index is 0.0277. The Morgan fingerprint density at radius 3 is 2.98 bits per heavy atom. The topological polar surface area (TPSA) is 121 Å². The van der Waals surface area contributed by atoms with Crippen LogP contribution in [0.15, 0.2) is 18.5 Å². The maximum Gasteiger partial charge on any atom is 0.407 e. The van der Waals surface area contributed by atoms with Crippen molar-refractivity contribution < 1.29 is 23.0 Å².